The van der Waals surface area contributed by atoms with Gasteiger partial charge in [0.05, 0.1) is 12.0 Å². The van der Waals surface area contributed by atoms with E-state index in [-0.39, 0.29) is 17.4 Å². The van der Waals surface area contributed by atoms with Crippen molar-refractivity contribution in [3.8, 4) is 5.75 Å². The molecule has 0 bridgehead atoms. The molecule has 1 aliphatic rings. The molecule has 1 fully saturated rings. The number of hydrogen-bond acceptors (Lipinski definition) is 7. The highest BCUT2D eigenvalue weighted by atomic mass is 32.2. The second kappa shape index (κ2) is 10.1. The lowest BCUT2D eigenvalue weighted by Gasteiger charge is -2.10. The number of esters is 1. The number of anilines is 1. The molecule has 0 spiro atoms. The van der Waals surface area contributed by atoms with Gasteiger partial charge in [-0.1, -0.05) is 18.2 Å². The zero-order chi connectivity index (χ0) is 23.3. The Morgan fingerprint density at radius 3 is 2.59 bits per heavy atom. The first-order valence-electron chi connectivity index (χ1n) is 9.69. The minimum atomic E-state index is -0.678. The summed E-state index contributed by atoms with van der Waals surface area (Å²) in [4.78, 5) is 49.0. The van der Waals surface area contributed by atoms with E-state index in [9.17, 15) is 19.2 Å². The molecule has 166 valence electrons. The Kier molecular flexibility index (Phi) is 7.32. The van der Waals surface area contributed by atoms with Crippen LogP contribution in [0.4, 0.5) is 10.5 Å². The molecular weight excluding hydrogens is 432 g/mol. The van der Waals surface area contributed by atoms with Crippen molar-refractivity contribution in [1.29, 1.82) is 0 Å². The molecule has 32 heavy (non-hydrogen) atoms. The Labute approximate surface area is 189 Å². The van der Waals surface area contributed by atoms with E-state index in [2.05, 4.69) is 10.1 Å². The number of methoxy groups -OCH3 is 1. The van der Waals surface area contributed by atoms with Crippen molar-refractivity contribution >= 4 is 46.5 Å². The van der Waals surface area contributed by atoms with Crippen molar-refractivity contribution in [2.24, 2.45) is 0 Å². The number of rotatable bonds is 7. The number of nitrogens with one attached hydrogen (secondary N) is 1. The molecule has 0 radical (unpaired) electrons. The third kappa shape index (κ3) is 5.76. The highest BCUT2D eigenvalue weighted by Gasteiger charge is 2.36. The first-order valence-corrected chi connectivity index (χ1v) is 10.5. The largest absolute Gasteiger partial charge is 0.484 e. The number of ether oxygens (including phenoxy) is 2. The first kappa shape index (κ1) is 23.1. The fraction of sp³-hybridized carbons (Fsp3) is 0.217. The maximum absolute atomic E-state index is 12.4. The zero-order valence-corrected chi connectivity index (χ0v) is 18.7. The topological polar surface area (TPSA) is 102 Å². The SMILES string of the molecule is COC(=O)CN1C(=O)S/C(=C/c2cccc(OCC(=O)Nc3ccc(C)c(C)c3)c2)C1=O. The maximum atomic E-state index is 12.4. The molecule has 1 N–H and O–H groups in total. The monoisotopic (exact) mass is 454 g/mol. The van der Waals surface area contributed by atoms with Crippen LogP contribution in [-0.2, 0) is 19.1 Å². The van der Waals surface area contributed by atoms with Gasteiger partial charge < -0.3 is 14.8 Å². The van der Waals surface area contributed by atoms with E-state index in [1.54, 1.807) is 24.3 Å². The van der Waals surface area contributed by atoms with Crippen molar-refractivity contribution in [2.75, 3.05) is 25.6 Å². The standard InChI is InChI=1S/C23H22N2O6S/c1-14-7-8-17(9-15(14)2)24-20(26)13-31-18-6-4-5-16(10-18)11-19-22(28)25(23(29)32-19)12-21(27)30-3/h4-11H,12-13H2,1-3H3,(H,24,26)/b19-11+. The number of nitrogens with zero attached hydrogens (tertiary/aromatic N) is 1. The Hall–Kier alpha value is -3.59. The van der Waals surface area contributed by atoms with E-state index in [4.69, 9.17) is 4.74 Å². The van der Waals surface area contributed by atoms with E-state index in [0.717, 1.165) is 27.8 Å². The second-order valence-corrected chi connectivity index (χ2v) is 8.05. The van der Waals surface area contributed by atoms with E-state index >= 15 is 0 Å². The predicted octanol–water partition coefficient (Wildman–Crippen LogP) is 3.53. The number of thioether (sulfide) groups is 1. The van der Waals surface area contributed by atoms with Crippen LogP contribution in [0.5, 0.6) is 5.75 Å². The van der Waals surface area contributed by atoms with Crippen LogP contribution in [0.25, 0.3) is 6.08 Å². The van der Waals surface area contributed by atoms with Gasteiger partial charge in [0.25, 0.3) is 17.1 Å². The summed E-state index contributed by atoms with van der Waals surface area (Å²) in [7, 11) is 1.19. The van der Waals surface area contributed by atoms with Crippen molar-refractivity contribution < 1.29 is 28.7 Å². The van der Waals surface area contributed by atoms with Crippen LogP contribution in [0.3, 0.4) is 0 Å². The molecular formula is C23H22N2O6S. The van der Waals surface area contributed by atoms with E-state index in [0.29, 0.717) is 17.0 Å². The molecule has 9 heteroatoms. The fourth-order valence-corrected chi connectivity index (χ4v) is 3.68. The van der Waals surface area contributed by atoms with Crippen molar-refractivity contribution in [1.82, 2.24) is 4.90 Å². The van der Waals surface area contributed by atoms with Gasteiger partial charge in [0, 0.05) is 5.69 Å². The molecule has 2 aromatic rings. The first-order chi connectivity index (χ1) is 15.3. The Morgan fingerprint density at radius 1 is 1.09 bits per heavy atom. The Bertz CT molecular complexity index is 1110. The molecule has 2 aromatic carbocycles. The molecule has 1 heterocycles. The summed E-state index contributed by atoms with van der Waals surface area (Å²) in [6.45, 7) is 3.34. The van der Waals surface area contributed by atoms with Gasteiger partial charge in [-0.15, -0.1) is 0 Å². The summed E-state index contributed by atoms with van der Waals surface area (Å²) in [6.07, 6.45) is 1.53. The lowest BCUT2D eigenvalue weighted by molar-refractivity contribution is -0.143. The number of imide groups is 1. The summed E-state index contributed by atoms with van der Waals surface area (Å²) in [6, 6.07) is 12.4. The molecule has 8 nitrogen and oxygen atoms in total. The normalized spacial score (nSPS) is 14.6. The van der Waals surface area contributed by atoms with E-state index in [1.807, 2.05) is 32.0 Å². The molecule has 3 rings (SSSR count). The highest BCUT2D eigenvalue weighted by molar-refractivity contribution is 8.18. The summed E-state index contributed by atoms with van der Waals surface area (Å²) >= 11 is 0.742. The zero-order valence-electron chi connectivity index (χ0n) is 17.8. The highest BCUT2D eigenvalue weighted by Crippen LogP contribution is 2.32. The van der Waals surface area contributed by atoms with Crippen molar-refractivity contribution in [2.45, 2.75) is 13.8 Å². The summed E-state index contributed by atoms with van der Waals surface area (Å²) < 4.78 is 10.1. The van der Waals surface area contributed by atoms with Gasteiger partial charge in [-0.05, 0) is 72.6 Å². The molecule has 1 saturated heterocycles. The van der Waals surface area contributed by atoms with Crippen LogP contribution in [0.15, 0.2) is 47.4 Å². The molecule has 0 atom stereocenters. The molecule has 0 aliphatic carbocycles. The smallest absolute Gasteiger partial charge is 0.325 e. The summed E-state index contributed by atoms with van der Waals surface area (Å²) in [5.41, 5.74) is 3.52. The van der Waals surface area contributed by atoms with Gasteiger partial charge in [0.2, 0.25) is 0 Å². The van der Waals surface area contributed by atoms with Gasteiger partial charge in [-0.3, -0.25) is 24.1 Å². The number of hydrogen-bond donors (Lipinski definition) is 1. The van der Waals surface area contributed by atoms with E-state index < -0.39 is 23.7 Å². The minimum Gasteiger partial charge on any atom is -0.484 e. The van der Waals surface area contributed by atoms with Gasteiger partial charge in [-0.2, -0.15) is 0 Å². The average molecular weight is 455 g/mol. The second-order valence-electron chi connectivity index (χ2n) is 7.05. The Morgan fingerprint density at radius 2 is 1.88 bits per heavy atom. The third-order valence-electron chi connectivity index (χ3n) is 4.70. The van der Waals surface area contributed by atoms with Crippen LogP contribution in [0.1, 0.15) is 16.7 Å². The molecule has 0 unspecified atom stereocenters. The van der Waals surface area contributed by atoms with Crippen LogP contribution in [0.2, 0.25) is 0 Å². The van der Waals surface area contributed by atoms with Crippen molar-refractivity contribution in [3.05, 3.63) is 64.1 Å². The van der Waals surface area contributed by atoms with Gasteiger partial charge in [0.15, 0.2) is 6.61 Å². The third-order valence-corrected chi connectivity index (χ3v) is 5.61. The number of carbonyl (C=O) groups is 4. The Balaban J connectivity index is 1.62. The minimum absolute atomic E-state index is 0.184. The van der Waals surface area contributed by atoms with Crippen molar-refractivity contribution in [3.63, 3.8) is 0 Å². The lowest BCUT2D eigenvalue weighted by Crippen LogP contribution is -2.34. The summed E-state index contributed by atoms with van der Waals surface area (Å²) in [5.74, 6) is -1.11. The molecule has 3 amide bonds. The van der Waals surface area contributed by atoms with Crippen LogP contribution in [0, 0.1) is 13.8 Å². The lowest BCUT2D eigenvalue weighted by atomic mass is 10.1. The molecule has 0 aromatic heterocycles. The van der Waals surface area contributed by atoms with Crippen LogP contribution < -0.4 is 10.1 Å². The van der Waals surface area contributed by atoms with Gasteiger partial charge in [0.1, 0.15) is 12.3 Å². The van der Waals surface area contributed by atoms with Gasteiger partial charge >= 0.3 is 5.97 Å². The number of benzene rings is 2. The van der Waals surface area contributed by atoms with Crippen LogP contribution in [-0.4, -0.2) is 48.2 Å². The van der Waals surface area contributed by atoms with Gasteiger partial charge in [-0.25, -0.2) is 0 Å². The average Bonchev–Trinajstić information content (AvgIpc) is 3.02. The summed E-state index contributed by atoms with van der Waals surface area (Å²) in [5, 5.41) is 2.25. The predicted molar refractivity (Wildman–Crippen MR) is 121 cm³/mol. The molecule has 0 saturated carbocycles. The molecule has 1 aliphatic heterocycles. The number of carbonyl (C=O) groups excluding carboxylic acids is 4. The maximum Gasteiger partial charge on any atom is 0.325 e. The fourth-order valence-electron chi connectivity index (χ4n) is 2.84. The quantitative estimate of drug-likeness (QED) is 0.504. The van der Waals surface area contributed by atoms with Crippen LogP contribution >= 0.6 is 11.8 Å². The number of aryl methyl sites for hydroxylation is 2. The van der Waals surface area contributed by atoms with E-state index in [1.165, 1.54) is 13.2 Å². The number of amides is 3.